The van der Waals surface area contributed by atoms with Crippen LogP contribution in [0.25, 0.3) is 0 Å². The summed E-state index contributed by atoms with van der Waals surface area (Å²) in [5.41, 5.74) is 1.90. The molecule has 0 spiro atoms. The first-order valence-corrected chi connectivity index (χ1v) is 8.89. The SMILES string of the molecule is CNCc1cccc(CS(=O)(=O)NCCN(C)C(C)C)c1. The maximum absolute atomic E-state index is 12.1. The minimum atomic E-state index is -3.28. The van der Waals surface area contributed by atoms with Crippen molar-refractivity contribution in [3.05, 3.63) is 35.4 Å². The van der Waals surface area contributed by atoms with Gasteiger partial charge in [-0.1, -0.05) is 24.3 Å². The van der Waals surface area contributed by atoms with Crippen molar-refractivity contribution in [1.82, 2.24) is 14.9 Å². The summed E-state index contributed by atoms with van der Waals surface area (Å²) in [6.45, 7) is 6.05. The van der Waals surface area contributed by atoms with E-state index in [9.17, 15) is 8.42 Å². The molecule has 0 heterocycles. The molecule has 21 heavy (non-hydrogen) atoms. The number of nitrogens with zero attached hydrogens (tertiary/aromatic N) is 1. The van der Waals surface area contributed by atoms with Crippen LogP contribution in [0.1, 0.15) is 25.0 Å². The van der Waals surface area contributed by atoms with Crippen LogP contribution in [-0.2, 0) is 22.3 Å². The molecule has 0 aliphatic carbocycles. The smallest absolute Gasteiger partial charge is 0.215 e. The molecule has 0 aromatic heterocycles. The first kappa shape index (κ1) is 18.1. The van der Waals surface area contributed by atoms with Gasteiger partial charge in [0.25, 0.3) is 0 Å². The molecular weight excluding hydrogens is 286 g/mol. The predicted octanol–water partition coefficient (Wildman–Crippen LogP) is 1.17. The Morgan fingerprint density at radius 2 is 1.90 bits per heavy atom. The Morgan fingerprint density at radius 1 is 1.24 bits per heavy atom. The summed E-state index contributed by atoms with van der Waals surface area (Å²) >= 11 is 0. The summed E-state index contributed by atoms with van der Waals surface area (Å²) in [5, 5.41) is 3.06. The molecule has 2 N–H and O–H groups in total. The second-order valence-corrected chi connectivity index (χ2v) is 7.38. The van der Waals surface area contributed by atoms with Crippen molar-refractivity contribution < 1.29 is 8.42 Å². The van der Waals surface area contributed by atoms with E-state index in [1.165, 1.54) is 0 Å². The number of nitrogens with one attached hydrogen (secondary N) is 2. The molecule has 0 saturated carbocycles. The molecule has 0 radical (unpaired) electrons. The summed E-state index contributed by atoms with van der Waals surface area (Å²) in [5.74, 6) is 0.0238. The Morgan fingerprint density at radius 3 is 2.52 bits per heavy atom. The molecule has 0 aliphatic rings. The van der Waals surface area contributed by atoms with Gasteiger partial charge in [0.1, 0.15) is 0 Å². The van der Waals surface area contributed by atoms with E-state index in [4.69, 9.17) is 0 Å². The second-order valence-electron chi connectivity index (χ2n) is 5.58. The molecule has 0 atom stereocenters. The number of hydrogen-bond donors (Lipinski definition) is 2. The minimum absolute atomic E-state index is 0.0238. The lowest BCUT2D eigenvalue weighted by Crippen LogP contribution is -2.36. The van der Waals surface area contributed by atoms with Gasteiger partial charge >= 0.3 is 0 Å². The topological polar surface area (TPSA) is 61.4 Å². The molecule has 0 fully saturated rings. The molecule has 0 saturated heterocycles. The van der Waals surface area contributed by atoms with Crippen LogP contribution in [0.3, 0.4) is 0 Å². The van der Waals surface area contributed by atoms with Gasteiger partial charge in [0.15, 0.2) is 0 Å². The monoisotopic (exact) mass is 313 g/mol. The number of likely N-dealkylation sites (N-methyl/N-ethyl adjacent to an activating group) is 1. The van der Waals surface area contributed by atoms with Crippen molar-refractivity contribution in [2.75, 3.05) is 27.2 Å². The predicted molar refractivity (Wildman–Crippen MR) is 87.6 cm³/mol. The van der Waals surface area contributed by atoms with Crippen LogP contribution in [0.2, 0.25) is 0 Å². The average molecular weight is 313 g/mol. The van der Waals surface area contributed by atoms with Crippen molar-refractivity contribution in [3.63, 3.8) is 0 Å². The zero-order valence-corrected chi connectivity index (χ0v) is 14.2. The van der Waals surface area contributed by atoms with Gasteiger partial charge in [-0.25, -0.2) is 13.1 Å². The lowest BCUT2D eigenvalue weighted by Gasteiger charge is -2.20. The van der Waals surface area contributed by atoms with E-state index in [0.717, 1.165) is 17.7 Å². The number of sulfonamides is 1. The third-order valence-electron chi connectivity index (χ3n) is 3.40. The normalized spacial score (nSPS) is 12.3. The van der Waals surface area contributed by atoms with Crippen LogP contribution >= 0.6 is 0 Å². The van der Waals surface area contributed by atoms with Crippen LogP contribution in [0, 0.1) is 0 Å². The number of benzene rings is 1. The molecule has 0 amide bonds. The van der Waals surface area contributed by atoms with E-state index >= 15 is 0 Å². The molecule has 0 unspecified atom stereocenters. The summed E-state index contributed by atoms with van der Waals surface area (Å²) < 4.78 is 26.8. The first-order valence-electron chi connectivity index (χ1n) is 7.24. The number of hydrogen-bond acceptors (Lipinski definition) is 4. The third-order valence-corrected chi connectivity index (χ3v) is 4.75. The average Bonchev–Trinajstić information content (AvgIpc) is 2.38. The summed E-state index contributed by atoms with van der Waals surface area (Å²) in [6.07, 6.45) is 0. The van der Waals surface area contributed by atoms with Crippen molar-refractivity contribution in [2.24, 2.45) is 0 Å². The van der Waals surface area contributed by atoms with E-state index < -0.39 is 10.0 Å². The molecule has 1 rings (SSSR count). The Kier molecular flexibility index (Phi) is 7.31. The van der Waals surface area contributed by atoms with Gasteiger partial charge in [0.05, 0.1) is 5.75 Å². The highest BCUT2D eigenvalue weighted by molar-refractivity contribution is 7.88. The molecule has 0 aliphatic heterocycles. The molecule has 1 aromatic carbocycles. The Labute approximate surface area is 128 Å². The van der Waals surface area contributed by atoms with E-state index in [-0.39, 0.29) is 5.75 Å². The maximum atomic E-state index is 12.1. The molecule has 5 nitrogen and oxygen atoms in total. The zero-order valence-electron chi connectivity index (χ0n) is 13.4. The van der Waals surface area contributed by atoms with Crippen LogP contribution in [0.15, 0.2) is 24.3 Å². The summed E-state index contributed by atoms with van der Waals surface area (Å²) in [4.78, 5) is 2.11. The second kappa shape index (κ2) is 8.48. The molecule has 6 heteroatoms. The Hall–Kier alpha value is -0.950. The summed E-state index contributed by atoms with van der Waals surface area (Å²) in [6, 6.07) is 8.06. The molecule has 0 bridgehead atoms. The Balaban J connectivity index is 2.54. The largest absolute Gasteiger partial charge is 0.316 e. The van der Waals surface area contributed by atoms with E-state index in [2.05, 4.69) is 28.8 Å². The quantitative estimate of drug-likeness (QED) is 0.718. The first-order chi connectivity index (χ1) is 9.84. The molecule has 120 valence electrons. The minimum Gasteiger partial charge on any atom is -0.316 e. The van der Waals surface area contributed by atoms with Crippen molar-refractivity contribution >= 4 is 10.0 Å². The summed E-state index contributed by atoms with van der Waals surface area (Å²) in [7, 11) is 0.573. The van der Waals surface area contributed by atoms with Gasteiger partial charge in [-0.05, 0) is 39.1 Å². The highest BCUT2D eigenvalue weighted by atomic mass is 32.2. The standard InChI is InChI=1S/C15H27N3O2S/c1-13(2)18(4)9-8-17-21(19,20)12-15-7-5-6-14(10-15)11-16-3/h5-7,10,13,16-17H,8-9,11-12H2,1-4H3. The van der Waals surface area contributed by atoms with E-state index in [1.54, 1.807) is 0 Å². The van der Waals surface area contributed by atoms with E-state index in [0.29, 0.717) is 19.1 Å². The van der Waals surface area contributed by atoms with Crippen molar-refractivity contribution in [1.29, 1.82) is 0 Å². The molecular formula is C15H27N3O2S. The van der Waals surface area contributed by atoms with Gasteiger partial charge in [0, 0.05) is 25.7 Å². The van der Waals surface area contributed by atoms with Crippen LogP contribution < -0.4 is 10.0 Å². The van der Waals surface area contributed by atoms with Crippen LogP contribution in [0.4, 0.5) is 0 Å². The van der Waals surface area contributed by atoms with Crippen molar-refractivity contribution in [2.45, 2.75) is 32.2 Å². The van der Waals surface area contributed by atoms with Gasteiger partial charge in [-0.15, -0.1) is 0 Å². The fourth-order valence-electron chi connectivity index (χ4n) is 1.94. The molecule has 1 aromatic rings. The zero-order chi connectivity index (χ0) is 15.9. The highest BCUT2D eigenvalue weighted by Gasteiger charge is 2.12. The van der Waals surface area contributed by atoms with Gasteiger partial charge in [-0.3, -0.25) is 0 Å². The third kappa shape index (κ3) is 7.04. The Bertz CT molecular complexity index is 529. The fraction of sp³-hybridized carbons (Fsp3) is 0.600. The highest BCUT2D eigenvalue weighted by Crippen LogP contribution is 2.08. The van der Waals surface area contributed by atoms with Gasteiger partial charge < -0.3 is 10.2 Å². The van der Waals surface area contributed by atoms with E-state index in [1.807, 2.05) is 38.4 Å². The lowest BCUT2D eigenvalue weighted by atomic mass is 10.1. The van der Waals surface area contributed by atoms with Crippen LogP contribution in [-0.4, -0.2) is 46.5 Å². The maximum Gasteiger partial charge on any atom is 0.215 e. The van der Waals surface area contributed by atoms with Gasteiger partial charge in [-0.2, -0.15) is 0 Å². The van der Waals surface area contributed by atoms with Crippen molar-refractivity contribution in [3.8, 4) is 0 Å². The van der Waals surface area contributed by atoms with Gasteiger partial charge in [0.2, 0.25) is 10.0 Å². The van der Waals surface area contributed by atoms with Crippen LogP contribution in [0.5, 0.6) is 0 Å². The lowest BCUT2D eigenvalue weighted by molar-refractivity contribution is 0.278. The number of rotatable bonds is 9. The fourth-order valence-corrected chi connectivity index (χ4v) is 3.06.